The first-order valence-corrected chi connectivity index (χ1v) is 14.3. The van der Waals surface area contributed by atoms with Crippen LogP contribution in [0.5, 0.6) is 5.75 Å². The number of carbonyl (C=O) groups excluding carboxylic acids is 4. The minimum absolute atomic E-state index is 0.0384. The maximum atomic E-state index is 13.4. The van der Waals surface area contributed by atoms with E-state index in [1.807, 2.05) is 30.3 Å². The molecule has 5 rings (SSSR count). The van der Waals surface area contributed by atoms with Gasteiger partial charge in [-0.25, -0.2) is 9.67 Å². The average Bonchev–Trinajstić information content (AvgIpc) is 3.45. The third kappa shape index (κ3) is 8.84. The number of rotatable bonds is 6. The number of aromatic nitrogens is 3. The van der Waals surface area contributed by atoms with Crippen molar-refractivity contribution in [3.63, 3.8) is 0 Å². The van der Waals surface area contributed by atoms with Gasteiger partial charge in [-0.05, 0) is 24.6 Å². The number of hydrogen-bond acceptors (Lipinski definition) is 9. The Labute approximate surface area is 254 Å². The number of nitrogens with one attached hydrogen (secondary N) is 4. The molecule has 5 N–H and O–H groups in total. The van der Waals surface area contributed by atoms with Gasteiger partial charge >= 0.3 is 0 Å². The van der Waals surface area contributed by atoms with Crippen LogP contribution in [0.2, 0.25) is 0 Å². The fourth-order valence-electron chi connectivity index (χ4n) is 4.52. The quantitative estimate of drug-likeness (QED) is 0.255. The van der Waals surface area contributed by atoms with Gasteiger partial charge in [-0.3, -0.25) is 19.2 Å². The van der Waals surface area contributed by atoms with Gasteiger partial charge in [-0.1, -0.05) is 42.5 Å². The summed E-state index contributed by atoms with van der Waals surface area (Å²) in [6, 6.07) is 13.0. The highest BCUT2D eigenvalue weighted by Crippen LogP contribution is 2.19. The molecule has 234 valence electrons. The molecule has 3 aromatic rings. The van der Waals surface area contributed by atoms with Gasteiger partial charge < -0.3 is 35.8 Å². The zero-order chi connectivity index (χ0) is 31.5. The molecule has 1 aromatic heterocycles. The minimum atomic E-state index is -1.34. The molecule has 3 atom stereocenters. The Hall–Kier alpha value is -4.82. The number of aliphatic hydroxyl groups excluding tert-OH is 1. The topological polar surface area (TPSA) is 186 Å². The number of aliphatic hydroxyl groups is 1. The molecular weight excluding hydrogens is 570 g/mol. The zero-order valence-corrected chi connectivity index (χ0v) is 24.6. The maximum Gasteiger partial charge on any atom is 0.245 e. The van der Waals surface area contributed by atoms with Crippen molar-refractivity contribution < 1.29 is 33.8 Å². The van der Waals surface area contributed by atoms with Crippen molar-refractivity contribution in [3.05, 3.63) is 66.0 Å². The fourth-order valence-corrected chi connectivity index (χ4v) is 4.52. The molecule has 0 fully saturated rings. The Bertz CT molecular complexity index is 1430. The van der Waals surface area contributed by atoms with Gasteiger partial charge in [0.2, 0.25) is 23.6 Å². The summed E-state index contributed by atoms with van der Waals surface area (Å²) >= 11 is 0. The van der Waals surface area contributed by atoms with Crippen molar-refractivity contribution in [1.82, 2.24) is 36.0 Å². The number of nitrogens with zero attached hydrogens (tertiary/aromatic N) is 3. The van der Waals surface area contributed by atoms with Crippen LogP contribution in [0.15, 0.2) is 54.6 Å². The Morgan fingerprint density at radius 1 is 1.09 bits per heavy atom. The summed E-state index contributed by atoms with van der Waals surface area (Å²) in [6.07, 6.45) is 0.152. The molecule has 14 heteroatoms. The second kappa shape index (κ2) is 15.6. The largest absolute Gasteiger partial charge is 0.492 e. The molecule has 44 heavy (non-hydrogen) atoms. The van der Waals surface area contributed by atoms with E-state index in [4.69, 9.17) is 9.47 Å². The maximum absolute atomic E-state index is 13.4. The standard InChI is InChI=1S/C30H37N7O7/c1-19-28-35-27(21-6-4-3-5-7-21)36-37(28)17-26(40)31-13-15-44-22-10-8-20(9-11-22)16-23(33-25(39)12-14-43-2)29(41)34-24(18-38)30(42)32-19/h3-11,19,23-24,38H,12-18H2,1-2H3,(H,31,40)(H,32,42)(H,33,39)(H,34,41)/t19-,23-,24-/m0/s1. The molecule has 2 aromatic carbocycles. The molecule has 2 aliphatic heterocycles. The lowest BCUT2D eigenvalue weighted by atomic mass is 10.0. The summed E-state index contributed by atoms with van der Waals surface area (Å²) in [7, 11) is 1.47. The molecule has 2 bridgehead atoms. The SMILES string of the molecule is COCCC(=O)N[C@H]1Cc2ccc(cc2)OCCNC(=O)Cn2nc(-c3ccccc3)nc2[C@H](C)NC(=O)[C@H](CO)NC1=O. The lowest BCUT2D eigenvalue weighted by Crippen LogP contribution is -2.56. The van der Waals surface area contributed by atoms with Crippen LogP contribution in [0.4, 0.5) is 0 Å². The third-order valence-electron chi connectivity index (χ3n) is 6.83. The number of amides is 4. The van der Waals surface area contributed by atoms with E-state index in [9.17, 15) is 24.3 Å². The van der Waals surface area contributed by atoms with Crippen LogP contribution in [-0.2, 0) is 36.9 Å². The number of carbonyl (C=O) groups is 4. The van der Waals surface area contributed by atoms with Crippen molar-refractivity contribution in [2.24, 2.45) is 0 Å². The molecule has 0 saturated carbocycles. The van der Waals surface area contributed by atoms with Crippen molar-refractivity contribution in [1.29, 1.82) is 0 Å². The molecule has 2 aliphatic rings. The van der Waals surface area contributed by atoms with Gasteiger partial charge in [0, 0.05) is 25.5 Å². The van der Waals surface area contributed by atoms with E-state index in [1.165, 1.54) is 11.8 Å². The average molecular weight is 608 g/mol. The lowest BCUT2D eigenvalue weighted by molar-refractivity contribution is -0.133. The van der Waals surface area contributed by atoms with E-state index in [0.717, 1.165) is 11.1 Å². The van der Waals surface area contributed by atoms with Gasteiger partial charge in [0.25, 0.3) is 0 Å². The molecular formula is C30H37N7O7. The van der Waals surface area contributed by atoms with E-state index in [-0.39, 0.29) is 45.1 Å². The van der Waals surface area contributed by atoms with Crippen LogP contribution < -0.4 is 26.0 Å². The second-order valence-electron chi connectivity index (χ2n) is 10.2. The first-order chi connectivity index (χ1) is 21.3. The van der Waals surface area contributed by atoms with Gasteiger partial charge in [-0.15, -0.1) is 0 Å². The van der Waals surface area contributed by atoms with Crippen molar-refractivity contribution in [3.8, 4) is 17.1 Å². The summed E-state index contributed by atoms with van der Waals surface area (Å²) in [5, 5.41) is 25.3. The Morgan fingerprint density at radius 3 is 2.55 bits per heavy atom. The molecule has 14 nitrogen and oxygen atoms in total. The highest BCUT2D eigenvalue weighted by Gasteiger charge is 2.29. The van der Waals surface area contributed by atoms with Gasteiger partial charge in [0.15, 0.2) is 5.82 Å². The predicted octanol–water partition coefficient (Wildman–Crippen LogP) is -0.128. The monoisotopic (exact) mass is 607 g/mol. The van der Waals surface area contributed by atoms with Gasteiger partial charge in [-0.2, -0.15) is 5.10 Å². The fraction of sp³-hybridized carbons (Fsp3) is 0.400. The number of fused-ring (bicyclic) bond motifs is 14. The summed E-state index contributed by atoms with van der Waals surface area (Å²) in [4.78, 5) is 56.5. The van der Waals surface area contributed by atoms with E-state index in [0.29, 0.717) is 17.4 Å². The molecule has 0 saturated heterocycles. The van der Waals surface area contributed by atoms with Crippen LogP contribution >= 0.6 is 0 Å². The van der Waals surface area contributed by atoms with E-state index < -0.39 is 42.5 Å². The second-order valence-corrected chi connectivity index (χ2v) is 10.2. The Balaban J connectivity index is 1.62. The van der Waals surface area contributed by atoms with E-state index >= 15 is 0 Å². The predicted molar refractivity (Wildman–Crippen MR) is 158 cm³/mol. The van der Waals surface area contributed by atoms with Crippen molar-refractivity contribution >= 4 is 23.6 Å². The van der Waals surface area contributed by atoms with Crippen LogP contribution in [-0.4, -0.2) is 89.1 Å². The normalized spacial score (nSPS) is 20.0. The summed E-state index contributed by atoms with van der Waals surface area (Å²) in [5.74, 6) is -0.869. The molecule has 0 radical (unpaired) electrons. The number of benzene rings is 2. The molecule has 0 spiro atoms. The highest BCUT2D eigenvalue weighted by atomic mass is 16.5. The van der Waals surface area contributed by atoms with E-state index in [2.05, 4.69) is 31.3 Å². The third-order valence-corrected chi connectivity index (χ3v) is 6.83. The lowest BCUT2D eigenvalue weighted by Gasteiger charge is -2.23. The number of ether oxygens (including phenoxy) is 2. The van der Waals surface area contributed by atoms with Crippen LogP contribution in [0, 0.1) is 0 Å². The molecule has 0 unspecified atom stereocenters. The number of methoxy groups -OCH3 is 1. The van der Waals surface area contributed by atoms with Crippen molar-refractivity contribution in [2.75, 3.05) is 33.5 Å². The summed E-state index contributed by atoms with van der Waals surface area (Å²) in [6.45, 7) is 1.39. The molecule has 3 heterocycles. The first-order valence-electron chi connectivity index (χ1n) is 14.3. The molecule has 0 aliphatic carbocycles. The summed E-state index contributed by atoms with van der Waals surface area (Å²) < 4.78 is 12.1. The zero-order valence-electron chi connectivity index (χ0n) is 24.6. The van der Waals surface area contributed by atoms with Crippen LogP contribution in [0.3, 0.4) is 0 Å². The van der Waals surface area contributed by atoms with Crippen molar-refractivity contribution in [2.45, 2.75) is 44.4 Å². The van der Waals surface area contributed by atoms with Gasteiger partial charge in [0.1, 0.15) is 36.8 Å². The minimum Gasteiger partial charge on any atom is -0.492 e. The first kappa shape index (κ1) is 32.1. The highest BCUT2D eigenvalue weighted by molar-refractivity contribution is 5.92. The Morgan fingerprint density at radius 2 is 1.84 bits per heavy atom. The van der Waals surface area contributed by atoms with Crippen LogP contribution in [0.1, 0.15) is 30.8 Å². The Kier molecular flexibility index (Phi) is 11.4. The smallest absolute Gasteiger partial charge is 0.245 e. The van der Waals surface area contributed by atoms with E-state index in [1.54, 1.807) is 31.2 Å². The molecule has 4 amide bonds. The van der Waals surface area contributed by atoms with Gasteiger partial charge in [0.05, 0.1) is 25.8 Å². The number of hydrogen-bond donors (Lipinski definition) is 5. The summed E-state index contributed by atoms with van der Waals surface area (Å²) in [5.41, 5.74) is 1.44. The van der Waals surface area contributed by atoms with Crippen LogP contribution in [0.25, 0.3) is 11.4 Å².